The monoisotopic (exact) mass is 159 g/mol. The molecule has 0 fully saturated rings. The molecule has 0 unspecified atom stereocenters. The molecule has 0 saturated heterocycles. The van der Waals surface area contributed by atoms with Crippen LogP contribution in [0.2, 0.25) is 0 Å². The predicted molar refractivity (Wildman–Crippen MR) is 35.7 cm³/mol. The molecule has 1 rings (SSSR count). The van der Waals surface area contributed by atoms with Crippen LogP contribution in [0, 0.1) is 18.1 Å². The van der Waals surface area contributed by atoms with Gasteiger partial charge in [0.15, 0.2) is 0 Å². The smallest absolute Gasteiger partial charge is 0.127 e. The van der Waals surface area contributed by atoms with Crippen molar-refractivity contribution in [3.05, 3.63) is 41.8 Å². The molecule has 0 bridgehead atoms. The molecule has 0 aliphatic heterocycles. The Labute approximate surface area is 62.7 Å². The minimum atomic E-state index is -0.791. The van der Waals surface area contributed by atoms with E-state index in [4.69, 9.17) is 0 Å². The zero-order valence-corrected chi connectivity index (χ0v) is 5.65. The molecule has 11 heavy (non-hydrogen) atoms. The average Bonchev–Trinajstić information content (AvgIpc) is 1.98. The first-order chi connectivity index (χ1) is 5.24. The highest BCUT2D eigenvalue weighted by atomic mass is 19.1. The third-order valence-electron chi connectivity index (χ3n) is 1.26. The van der Waals surface area contributed by atoms with Crippen LogP contribution >= 0.6 is 0 Å². The summed E-state index contributed by atoms with van der Waals surface area (Å²) in [5.41, 5.74) is -0.0347. The molecule has 59 valence electrons. The van der Waals surface area contributed by atoms with E-state index in [0.29, 0.717) is 0 Å². The summed E-state index contributed by atoms with van der Waals surface area (Å²) in [4.78, 5) is 0. The Kier molecular flexibility index (Phi) is 2.52. The molecule has 3 heteroatoms. The van der Waals surface area contributed by atoms with E-state index in [0.717, 1.165) is 24.6 Å². The van der Waals surface area contributed by atoms with Gasteiger partial charge in [-0.3, -0.25) is 4.39 Å². The van der Waals surface area contributed by atoms with Crippen LogP contribution in [-0.2, 0) is 0 Å². The van der Waals surface area contributed by atoms with Gasteiger partial charge in [-0.1, -0.05) is 0 Å². The highest BCUT2D eigenvalue weighted by Crippen LogP contribution is 2.11. The Balaban J connectivity index is 2.93. The lowest BCUT2D eigenvalue weighted by molar-refractivity contribution is 0.534. The molecular weight excluding hydrogens is 153 g/mol. The van der Waals surface area contributed by atoms with Gasteiger partial charge in [0.25, 0.3) is 0 Å². The summed E-state index contributed by atoms with van der Waals surface area (Å²) in [6.07, 6.45) is 0.985. The first-order valence-electron chi connectivity index (χ1n) is 3.08. The highest BCUT2D eigenvalue weighted by molar-refractivity contribution is 5.25. The lowest BCUT2D eigenvalue weighted by Crippen LogP contribution is -1.90. The lowest BCUT2D eigenvalue weighted by Gasteiger charge is -1.98. The minimum Gasteiger partial charge on any atom is -0.250 e. The minimum absolute atomic E-state index is 0.0347. The van der Waals surface area contributed by atoms with Crippen LogP contribution in [0.25, 0.3) is 0 Å². The third kappa shape index (κ3) is 1.97. The van der Waals surface area contributed by atoms with Crippen molar-refractivity contribution >= 4 is 0 Å². The van der Waals surface area contributed by atoms with E-state index in [1.54, 1.807) is 0 Å². The second-order valence-electron chi connectivity index (χ2n) is 2.02. The zero-order chi connectivity index (χ0) is 8.27. The van der Waals surface area contributed by atoms with E-state index >= 15 is 0 Å². The fourth-order valence-electron chi connectivity index (χ4n) is 0.754. The lowest BCUT2D eigenvalue weighted by atomic mass is 10.1. The summed E-state index contributed by atoms with van der Waals surface area (Å²) in [7, 11) is 0. The molecule has 0 saturated carbocycles. The zero-order valence-electron chi connectivity index (χ0n) is 5.65. The van der Waals surface area contributed by atoms with Crippen molar-refractivity contribution in [2.45, 2.75) is 0 Å². The van der Waals surface area contributed by atoms with E-state index in [1.807, 2.05) is 0 Å². The Morgan fingerprint density at radius 3 is 2.64 bits per heavy atom. The summed E-state index contributed by atoms with van der Waals surface area (Å²) >= 11 is 0. The first kappa shape index (κ1) is 8.11. The molecular formula is C8H6F3. The predicted octanol–water partition coefficient (Wildman–Crippen LogP) is 2.49. The van der Waals surface area contributed by atoms with Crippen molar-refractivity contribution in [2.24, 2.45) is 0 Å². The molecule has 0 nitrogen and oxygen atoms in total. The summed E-state index contributed by atoms with van der Waals surface area (Å²) in [5, 5.41) is 0. The molecule has 0 N–H and O–H groups in total. The fraction of sp³-hybridized carbons (Fsp3) is 0.125. The van der Waals surface area contributed by atoms with Gasteiger partial charge in [0.1, 0.15) is 11.6 Å². The Hall–Kier alpha value is -0.990. The van der Waals surface area contributed by atoms with Crippen molar-refractivity contribution in [3.8, 4) is 0 Å². The van der Waals surface area contributed by atoms with Crippen LogP contribution < -0.4 is 0 Å². The van der Waals surface area contributed by atoms with Crippen molar-refractivity contribution in [1.82, 2.24) is 0 Å². The number of hydrogen-bond acceptors (Lipinski definition) is 0. The molecule has 0 amide bonds. The molecule has 0 aromatic heterocycles. The molecule has 0 aliphatic rings. The summed E-state index contributed by atoms with van der Waals surface area (Å²) in [6, 6.07) is 2.91. The maximum atomic E-state index is 12.6. The SMILES string of the molecule is FC[CH]c1cc(F)ccc1F. The van der Waals surface area contributed by atoms with Gasteiger partial charge in [-0.05, 0) is 23.8 Å². The normalized spacial score (nSPS) is 10.1. The molecule has 0 aliphatic carbocycles. The molecule has 1 aromatic rings. The number of benzene rings is 1. The Bertz CT molecular complexity index is 245. The maximum Gasteiger partial charge on any atom is 0.127 e. The summed E-state index contributed by atoms with van der Waals surface area (Å²) < 4.78 is 36.6. The van der Waals surface area contributed by atoms with Crippen LogP contribution in [0.3, 0.4) is 0 Å². The van der Waals surface area contributed by atoms with E-state index < -0.39 is 18.3 Å². The van der Waals surface area contributed by atoms with E-state index in [1.165, 1.54) is 0 Å². The summed E-state index contributed by atoms with van der Waals surface area (Å²) in [5.74, 6) is -1.17. The van der Waals surface area contributed by atoms with Gasteiger partial charge in [0.2, 0.25) is 0 Å². The molecule has 1 radical (unpaired) electrons. The Morgan fingerprint density at radius 1 is 1.27 bits per heavy atom. The van der Waals surface area contributed by atoms with Gasteiger partial charge >= 0.3 is 0 Å². The molecule has 0 spiro atoms. The topological polar surface area (TPSA) is 0 Å². The molecule has 0 heterocycles. The van der Waals surface area contributed by atoms with Gasteiger partial charge in [-0.25, -0.2) is 8.78 Å². The summed E-state index contributed by atoms with van der Waals surface area (Å²) in [6.45, 7) is -0.791. The van der Waals surface area contributed by atoms with Crippen molar-refractivity contribution in [3.63, 3.8) is 0 Å². The van der Waals surface area contributed by atoms with Crippen LogP contribution in [-0.4, -0.2) is 6.67 Å². The van der Waals surface area contributed by atoms with Gasteiger partial charge in [0.05, 0.1) is 6.67 Å². The second kappa shape index (κ2) is 3.42. The van der Waals surface area contributed by atoms with E-state index in [-0.39, 0.29) is 5.56 Å². The average molecular weight is 159 g/mol. The number of alkyl halides is 1. The number of rotatable bonds is 2. The van der Waals surface area contributed by atoms with Gasteiger partial charge in [0, 0.05) is 6.42 Å². The standard InChI is InChI=1S/C8H6F3/c9-4-3-6-5-7(10)1-2-8(6)11/h1-3,5H,4H2. The van der Waals surface area contributed by atoms with E-state index in [9.17, 15) is 13.2 Å². The first-order valence-corrected chi connectivity index (χ1v) is 3.08. The van der Waals surface area contributed by atoms with Crippen LogP contribution in [0.1, 0.15) is 5.56 Å². The van der Waals surface area contributed by atoms with Gasteiger partial charge in [-0.2, -0.15) is 0 Å². The second-order valence-corrected chi connectivity index (χ2v) is 2.02. The Morgan fingerprint density at radius 2 is 2.00 bits per heavy atom. The van der Waals surface area contributed by atoms with Crippen LogP contribution in [0.15, 0.2) is 18.2 Å². The number of halogens is 3. The molecule has 0 atom stereocenters. The highest BCUT2D eigenvalue weighted by Gasteiger charge is 2.02. The van der Waals surface area contributed by atoms with E-state index in [2.05, 4.69) is 0 Å². The van der Waals surface area contributed by atoms with Crippen molar-refractivity contribution < 1.29 is 13.2 Å². The largest absolute Gasteiger partial charge is 0.250 e. The fourth-order valence-corrected chi connectivity index (χ4v) is 0.754. The molecule has 1 aromatic carbocycles. The van der Waals surface area contributed by atoms with Crippen molar-refractivity contribution in [2.75, 3.05) is 6.67 Å². The quantitative estimate of drug-likeness (QED) is 0.621. The van der Waals surface area contributed by atoms with Gasteiger partial charge < -0.3 is 0 Å². The van der Waals surface area contributed by atoms with Crippen LogP contribution in [0.4, 0.5) is 13.2 Å². The van der Waals surface area contributed by atoms with Gasteiger partial charge in [-0.15, -0.1) is 0 Å². The third-order valence-corrected chi connectivity index (χ3v) is 1.26. The van der Waals surface area contributed by atoms with Crippen LogP contribution in [0.5, 0.6) is 0 Å². The van der Waals surface area contributed by atoms with Crippen molar-refractivity contribution in [1.29, 1.82) is 0 Å². The maximum absolute atomic E-state index is 12.6. The number of hydrogen-bond donors (Lipinski definition) is 0.